The van der Waals surface area contributed by atoms with Gasteiger partial charge in [-0.05, 0) is 37.3 Å². The van der Waals surface area contributed by atoms with Crippen molar-refractivity contribution in [3.8, 4) is 22.9 Å². The van der Waals surface area contributed by atoms with Gasteiger partial charge in [0.25, 0.3) is 5.56 Å². The molecule has 0 aliphatic heterocycles. The van der Waals surface area contributed by atoms with E-state index in [2.05, 4.69) is 15.1 Å². The van der Waals surface area contributed by atoms with Crippen LogP contribution >= 0.6 is 0 Å². The molecule has 5 rings (SSSR count). The van der Waals surface area contributed by atoms with Crippen LogP contribution in [0, 0.1) is 0 Å². The van der Waals surface area contributed by atoms with Gasteiger partial charge in [0.05, 0.1) is 20.0 Å². The van der Waals surface area contributed by atoms with E-state index in [9.17, 15) is 4.79 Å². The Kier molecular flexibility index (Phi) is 4.62. The minimum Gasteiger partial charge on any atom is -0.493 e. The average Bonchev–Trinajstić information content (AvgIpc) is 3.41. The third-order valence-corrected chi connectivity index (χ3v) is 4.85. The summed E-state index contributed by atoms with van der Waals surface area (Å²) in [5.74, 6) is 1.85. The van der Waals surface area contributed by atoms with Gasteiger partial charge in [-0.3, -0.25) is 9.36 Å². The average molecular weight is 418 g/mol. The monoisotopic (exact) mass is 418 g/mol. The second kappa shape index (κ2) is 7.60. The van der Waals surface area contributed by atoms with Gasteiger partial charge in [-0.25, -0.2) is 4.98 Å². The summed E-state index contributed by atoms with van der Waals surface area (Å²) in [5, 5.41) is 4.82. The molecule has 0 aliphatic carbocycles. The van der Waals surface area contributed by atoms with E-state index in [-0.39, 0.29) is 23.6 Å². The highest BCUT2D eigenvalue weighted by molar-refractivity contribution is 6.01. The lowest BCUT2D eigenvalue weighted by atomic mass is 10.2. The molecule has 0 radical (unpaired) electrons. The number of rotatable bonds is 6. The van der Waals surface area contributed by atoms with Crippen molar-refractivity contribution in [1.82, 2.24) is 19.7 Å². The Morgan fingerprint density at radius 3 is 2.84 bits per heavy atom. The molecule has 3 heterocycles. The first kappa shape index (κ1) is 18.9. The van der Waals surface area contributed by atoms with Gasteiger partial charge >= 0.3 is 0 Å². The Labute approximate surface area is 175 Å². The maximum Gasteiger partial charge on any atom is 0.297 e. The Morgan fingerprint density at radius 2 is 2.00 bits per heavy atom. The number of furan rings is 1. The molecule has 0 saturated carbocycles. The Hall–Kier alpha value is -4.14. The molecule has 9 nitrogen and oxygen atoms in total. The Balaban J connectivity index is 1.46. The second-order valence-corrected chi connectivity index (χ2v) is 6.76. The van der Waals surface area contributed by atoms with Gasteiger partial charge in [0, 0.05) is 10.9 Å². The van der Waals surface area contributed by atoms with Crippen LogP contribution in [-0.2, 0) is 6.54 Å². The molecule has 0 amide bonds. The molecular formula is C22H18N4O5. The lowest BCUT2D eigenvalue weighted by Crippen LogP contribution is -2.20. The number of hydrogen-bond acceptors (Lipinski definition) is 8. The van der Waals surface area contributed by atoms with Crippen LogP contribution < -0.4 is 15.0 Å². The lowest BCUT2D eigenvalue weighted by molar-refractivity contribution is 0.311. The van der Waals surface area contributed by atoms with E-state index >= 15 is 0 Å². The summed E-state index contributed by atoms with van der Waals surface area (Å²) in [6.07, 6.45) is 1.45. The maximum absolute atomic E-state index is 12.9. The third-order valence-electron chi connectivity index (χ3n) is 4.85. The number of aromatic nitrogens is 4. The molecule has 31 heavy (non-hydrogen) atoms. The zero-order chi connectivity index (χ0) is 21.4. The van der Waals surface area contributed by atoms with Crippen molar-refractivity contribution < 1.29 is 18.4 Å². The van der Waals surface area contributed by atoms with Crippen molar-refractivity contribution in [3.63, 3.8) is 0 Å². The number of methoxy groups -OCH3 is 1. The highest BCUT2D eigenvalue weighted by atomic mass is 16.5. The Morgan fingerprint density at radius 1 is 1.13 bits per heavy atom. The predicted octanol–water partition coefficient (Wildman–Crippen LogP) is 3.65. The van der Waals surface area contributed by atoms with E-state index in [0.717, 1.165) is 5.39 Å². The molecule has 0 spiro atoms. The van der Waals surface area contributed by atoms with Gasteiger partial charge in [0.2, 0.25) is 17.3 Å². The fourth-order valence-electron chi connectivity index (χ4n) is 3.39. The fraction of sp³-hybridized carbons (Fsp3) is 0.182. The third kappa shape index (κ3) is 3.29. The van der Waals surface area contributed by atoms with Crippen molar-refractivity contribution in [1.29, 1.82) is 0 Å². The minimum absolute atomic E-state index is 0.0694. The van der Waals surface area contributed by atoms with Crippen LogP contribution in [0.25, 0.3) is 33.5 Å². The molecule has 156 valence electrons. The summed E-state index contributed by atoms with van der Waals surface area (Å²) >= 11 is 0. The van der Waals surface area contributed by atoms with E-state index in [4.69, 9.17) is 18.4 Å². The van der Waals surface area contributed by atoms with Crippen LogP contribution in [0.5, 0.6) is 11.5 Å². The van der Waals surface area contributed by atoms with Crippen LogP contribution in [0.1, 0.15) is 12.8 Å². The summed E-state index contributed by atoms with van der Waals surface area (Å²) in [5.41, 5.74) is 1.73. The van der Waals surface area contributed by atoms with Gasteiger partial charge in [-0.1, -0.05) is 17.3 Å². The molecule has 0 atom stereocenters. The van der Waals surface area contributed by atoms with Crippen LogP contribution in [0.2, 0.25) is 0 Å². The van der Waals surface area contributed by atoms with Crippen molar-refractivity contribution in [3.05, 3.63) is 65.0 Å². The zero-order valence-corrected chi connectivity index (χ0v) is 16.9. The van der Waals surface area contributed by atoms with E-state index in [1.165, 1.54) is 10.9 Å². The molecule has 0 fully saturated rings. The molecule has 0 bridgehead atoms. The lowest BCUT2D eigenvalue weighted by Gasteiger charge is -2.09. The summed E-state index contributed by atoms with van der Waals surface area (Å²) < 4.78 is 23.3. The molecule has 0 saturated heterocycles. The number of fused-ring (bicyclic) bond motifs is 3. The highest BCUT2D eigenvalue weighted by Crippen LogP contribution is 2.31. The highest BCUT2D eigenvalue weighted by Gasteiger charge is 2.16. The first-order chi connectivity index (χ1) is 15.2. The molecule has 0 unspecified atom stereocenters. The molecule has 0 N–H and O–H groups in total. The van der Waals surface area contributed by atoms with Gasteiger partial charge in [0.1, 0.15) is 17.6 Å². The van der Waals surface area contributed by atoms with E-state index in [0.29, 0.717) is 40.6 Å². The Bertz CT molecular complexity index is 1450. The topological polar surface area (TPSA) is 105 Å². The quantitative estimate of drug-likeness (QED) is 0.411. The number of benzene rings is 2. The van der Waals surface area contributed by atoms with Crippen molar-refractivity contribution in [2.75, 3.05) is 13.7 Å². The van der Waals surface area contributed by atoms with E-state index in [1.807, 2.05) is 31.2 Å². The fourth-order valence-corrected chi connectivity index (χ4v) is 3.39. The molecule has 2 aromatic carbocycles. The number of hydrogen-bond donors (Lipinski definition) is 0. The summed E-state index contributed by atoms with van der Waals surface area (Å²) in [4.78, 5) is 21.7. The van der Waals surface area contributed by atoms with E-state index < -0.39 is 0 Å². The predicted molar refractivity (Wildman–Crippen MR) is 112 cm³/mol. The molecule has 3 aromatic heterocycles. The van der Waals surface area contributed by atoms with Gasteiger partial charge < -0.3 is 18.4 Å². The zero-order valence-electron chi connectivity index (χ0n) is 16.9. The maximum atomic E-state index is 12.9. The second-order valence-electron chi connectivity index (χ2n) is 6.76. The first-order valence-corrected chi connectivity index (χ1v) is 9.68. The standard InChI is InChI=1S/C22H18N4O5/c1-3-29-16-9-8-13(10-17(16)28-2)21-24-18(31-25-21)11-26-12-23-19-14-6-4-5-7-15(14)30-20(19)22(26)27/h4-10,12H,3,11H2,1-2H3. The van der Waals surface area contributed by atoms with Crippen molar-refractivity contribution >= 4 is 22.1 Å². The smallest absolute Gasteiger partial charge is 0.297 e. The normalized spacial score (nSPS) is 11.3. The van der Waals surface area contributed by atoms with Gasteiger partial charge in [0.15, 0.2) is 11.5 Å². The number of nitrogens with zero attached hydrogens (tertiary/aromatic N) is 4. The van der Waals surface area contributed by atoms with Crippen molar-refractivity contribution in [2.24, 2.45) is 0 Å². The SMILES string of the molecule is CCOc1ccc(-c2noc(Cn3cnc4c(oc5ccccc54)c3=O)n2)cc1OC. The summed E-state index contributed by atoms with van der Waals surface area (Å²) in [6, 6.07) is 12.8. The molecular weight excluding hydrogens is 400 g/mol. The van der Waals surface area contributed by atoms with E-state index in [1.54, 1.807) is 25.3 Å². The van der Waals surface area contributed by atoms with Gasteiger partial charge in [-0.2, -0.15) is 4.98 Å². The van der Waals surface area contributed by atoms with Crippen LogP contribution in [-0.4, -0.2) is 33.4 Å². The van der Waals surface area contributed by atoms with Crippen LogP contribution in [0.15, 0.2) is 62.5 Å². The van der Waals surface area contributed by atoms with Crippen LogP contribution in [0.4, 0.5) is 0 Å². The summed E-state index contributed by atoms with van der Waals surface area (Å²) in [7, 11) is 1.57. The van der Waals surface area contributed by atoms with Gasteiger partial charge in [-0.15, -0.1) is 0 Å². The largest absolute Gasteiger partial charge is 0.493 e. The van der Waals surface area contributed by atoms with Crippen molar-refractivity contribution in [2.45, 2.75) is 13.5 Å². The molecule has 0 aliphatic rings. The number of para-hydroxylation sites is 1. The minimum atomic E-state index is -0.316. The molecule has 9 heteroatoms. The summed E-state index contributed by atoms with van der Waals surface area (Å²) in [6.45, 7) is 2.50. The van der Waals surface area contributed by atoms with Crippen LogP contribution in [0.3, 0.4) is 0 Å². The number of ether oxygens (including phenoxy) is 2. The molecule has 5 aromatic rings. The first-order valence-electron chi connectivity index (χ1n) is 9.68.